The Kier molecular flexibility index (Phi) is 3.86. The van der Waals surface area contributed by atoms with Crippen LogP contribution in [0.1, 0.15) is 31.2 Å². The third-order valence-electron chi connectivity index (χ3n) is 5.16. The second-order valence-corrected chi connectivity index (χ2v) is 8.17. The van der Waals surface area contributed by atoms with E-state index in [0.29, 0.717) is 45.4 Å². The Morgan fingerprint density at radius 3 is 2.92 bits per heavy atom. The summed E-state index contributed by atoms with van der Waals surface area (Å²) in [6, 6.07) is 8.05. The van der Waals surface area contributed by atoms with E-state index in [0.717, 1.165) is 10.5 Å². The number of fused-ring (bicyclic) bond motifs is 1. The first-order valence-electron chi connectivity index (χ1n) is 8.49. The predicted molar refractivity (Wildman–Crippen MR) is 93.1 cm³/mol. The lowest BCUT2D eigenvalue weighted by Crippen LogP contribution is -2.63. The molecular formula is C18H22N2O3S. The average Bonchev–Trinajstić information content (AvgIpc) is 3.12. The highest BCUT2D eigenvalue weighted by atomic mass is 32.1. The fraction of sp³-hybridized carbons (Fsp3) is 0.556. The van der Waals surface area contributed by atoms with E-state index in [2.05, 4.69) is 11.1 Å². The summed E-state index contributed by atoms with van der Waals surface area (Å²) < 4.78 is 6.98. The van der Waals surface area contributed by atoms with Crippen LogP contribution in [0.4, 0.5) is 0 Å². The molecule has 2 aliphatic rings. The van der Waals surface area contributed by atoms with Gasteiger partial charge in [-0.05, 0) is 18.6 Å². The van der Waals surface area contributed by atoms with Gasteiger partial charge in [-0.25, -0.2) is 4.98 Å². The number of amides is 1. The number of rotatable bonds is 4. The van der Waals surface area contributed by atoms with Crippen LogP contribution in [-0.4, -0.2) is 51.8 Å². The molecule has 1 aromatic heterocycles. The molecule has 1 atom stereocenters. The van der Waals surface area contributed by atoms with Gasteiger partial charge in [0, 0.05) is 19.3 Å². The minimum atomic E-state index is -0.712. The fourth-order valence-corrected chi connectivity index (χ4v) is 4.61. The minimum Gasteiger partial charge on any atom is -0.387 e. The molecule has 2 saturated heterocycles. The van der Waals surface area contributed by atoms with Gasteiger partial charge < -0.3 is 14.7 Å². The topological polar surface area (TPSA) is 62.7 Å². The van der Waals surface area contributed by atoms with Crippen LogP contribution < -0.4 is 0 Å². The van der Waals surface area contributed by atoms with Gasteiger partial charge in [-0.15, -0.1) is 11.3 Å². The molecule has 6 heteroatoms. The molecule has 0 bridgehead atoms. The average molecular weight is 346 g/mol. The first-order chi connectivity index (χ1) is 11.5. The molecule has 0 aliphatic carbocycles. The Labute approximate surface area is 145 Å². The number of thiazole rings is 1. The van der Waals surface area contributed by atoms with Crippen molar-refractivity contribution >= 4 is 27.5 Å². The molecule has 3 heterocycles. The van der Waals surface area contributed by atoms with Crippen molar-refractivity contribution in [1.82, 2.24) is 9.88 Å². The van der Waals surface area contributed by atoms with Gasteiger partial charge in [-0.3, -0.25) is 4.79 Å². The van der Waals surface area contributed by atoms with Gasteiger partial charge in [0.2, 0.25) is 5.91 Å². The van der Waals surface area contributed by atoms with Crippen molar-refractivity contribution in [2.45, 2.75) is 43.8 Å². The SMILES string of the molecule is CCC1(O)COC2(CN(C(=O)CCc3nc4ccccc4s3)C2)C1. The van der Waals surface area contributed by atoms with Crippen molar-refractivity contribution in [3.8, 4) is 0 Å². The molecule has 2 aliphatic heterocycles. The second-order valence-electron chi connectivity index (χ2n) is 7.05. The van der Waals surface area contributed by atoms with E-state index in [4.69, 9.17) is 4.74 Å². The monoisotopic (exact) mass is 346 g/mol. The van der Waals surface area contributed by atoms with Crippen molar-refractivity contribution in [2.24, 2.45) is 0 Å². The Morgan fingerprint density at radius 1 is 1.42 bits per heavy atom. The molecule has 1 unspecified atom stereocenters. The van der Waals surface area contributed by atoms with Gasteiger partial charge in [0.1, 0.15) is 5.60 Å². The van der Waals surface area contributed by atoms with Crippen LogP contribution in [0, 0.1) is 0 Å². The molecule has 24 heavy (non-hydrogen) atoms. The zero-order chi connectivity index (χ0) is 16.8. The van der Waals surface area contributed by atoms with E-state index < -0.39 is 5.60 Å². The zero-order valence-electron chi connectivity index (χ0n) is 13.8. The van der Waals surface area contributed by atoms with Gasteiger partial charge in [0.05, 0.1) is 40.5 Å². The maximum Gasteiger partial charge on any atom is 0.223 e. The Morgan fingerprint density at radius 2 is 2.21 bits per heavy atom. The van der Waals surface area contributed by atoms with Crippen molar-refractivity contribution in [2.75, 3.05) is 19.7 Å². The number of ether oxygens (including phenoxy) is 1. The summed E-state index contributed by atoms with van der Waals surface area (Å²) in [5.74, 6) is 0.149. The number of likely N-dealkylation sites (tertiary alicyclic amines) is 1. The summed E-state index contributed by atoms with van der Waals surface area (Å²) in [4.78, 5) is 18.8. The summed E-state index contributed by atoms with van der Waals surface area (Å²) in [7, 11) is 0. The molecule has 2 aromatic rings. The van der Waals surface area contributed by atoms with Crippen molar-refractivity contribution in [3.63, 3.8) is 0 Å². The largest absolute Gasteiger partial charge is 0.387 e. The Bertz CT molecular complexity index is 735. The van der Waals surface area contributed by atoms with Crippen LogP contribution in [0.5, 0.6) is 0 Å². The standard InChI is InChI=1S/C18H22N2O3S/c1-2-17(22)9-18(23-12-17)10-20(11-18)16(21)8-7-15-19-13-5-3-4-6-14(13)24-15/h3-6,22H,2,7-12H2,1H3. The van der Waals surface area contributed by atoms with Crippen molar-refractivity contribution in [3.05, 3.63) is 29.3 Å². The van der Waals surface area contributed by atoms with Gasteiger partial charge in [0.15, 0.2) is 0 Å². The summed E-state index contributed by atoms with van der Waals surface area (Å²) in [6.45, 7) is 3.57. The van der Waals surface area contributed by atoms with E-state index in [9.17, 15) is 9.90 Å². The van der Waals surface area contributed by atoms with Crippen molar-refractivity contribution in [1.29, 1.82) is 0 Å². The molecule has 4 rings (SSSR count). The number of hydrogen-bond donors (Lipinski definition) is 1. The molecule has 1 spiro atoms. The minimum absolute atomic E-state index is 0.149. The number of aliphatic hydroxyl groups is 1. The lowest BCUT2D eigenvalue weighted by atomic mass is 9.83. The van der Waals surface area contributed by atoms with Gasteiger partial charge in [-0.2, -0.15) is 0 Å². The fourth-order valence-electron chi connectivity index (χ4n) is 3.64. The maximum atomic E-state index is 12.4. The number of para-hydroxylation sites is 1. The van der Waals surface area contributed by atoms with Gasteiger partial charge >= 0.3 is 0 Å². The van der Waals surface area contributed by atoms with Crippen LogP contribution in [0.15, 0.2) is 24.3 Å². The molecule has 0 radical (unpaired) electrons. The highest BCUT2D eigenvalue weighted by Crippen LogP contribution is 2.41. The van der Waals surface area contributed by atoms with E-state index in [1.165, 1.54) is 4.70 Å². The number of aryl methyl sites for hydroxylation is 1. The molecule has 1 amide bonds. The Balaban J connectivity index is 1.30. The Hall–Kier alpha value is -1.50. The number of nitrogens with zero attached hydrogens (tertiary/aromatic N) is 2. The molecule has 1 aromatic carbocycles. The predicted octanol–water partition coefficient (Wildman–Crippen LogP) is 2.37. The smallest absolute Gasteiger partial charge is 0.223 e. The van der Waals surface area contributed by atoms with Crippen LogP contribution >= 0.6 is 11.3 Å². The van der Waals surface area contributed by atoms with E-state index in [1.807, 2.05) is 30.0 Å². The van der Waals surface area contributed by atoms with Gasteiger partial charge in [0.25, 0.3) is 0 Å². The summed E-state index contributed by atoms with van der Waals surface area (Å²) >= 11 is 1.66. The number of carbonyl (C=O) groups excluding carboxylic acids is 1. The lowest BCUT2D eigenvalue weighted by molar-refractivity contribution is -0.157. The third kappa shape index (κ3) is 2.83. The normalized spacial score (nSPS) is 25.3. The molecule has 0 saturated carbocycles. The second kappa shape index (κ2) is 5.79. The molecule has 128 valence electrons. The number of carbonyl (C=O) groups is 1. The molecular weight excluding hydrogens is 324 g/mol. The molecule has 2 fully saturated rings. The van der Waals surface area contributed by atoms with Gasteiger partial charge in [-0.1, -0.05) is 19.1 Å². The first kappa shape index (κ1) is 16.0. The van der Waals surface area contributed by atoms with Crippen LogP contribution in [-0.2, 0) is 16.0 Å². The van der Waals surface area contributed by atoms with E-state index >= 15 is 0 Å². The number of aromatic nitrogens is 1. The number of benzene rings is 1. The van der Waals surface area contributed by atoms with Crippen LogP contribution in [0.3, 0.4) is 0 Å². The van der Waals surface area contributed by atoms with E-state index in [1.54, 1.807) is 11.3 Å². The molecule has 5 nitrogen and oxygen atoms in total. The maximum absolute atomic E-state index is 12.4. The summed E-state index contributed by atoms with van der Waals surface area (Å²) in [6.07, 6.45) is 2.49. The third-order valence-corrected chi connectivity index (χ3v) is 6.25. The zero-order valence-corrected chi connectivity index (χ0v) is 14.6. The van der Waals surface area contributed by atoms with Crippen LogP contribution in [0.25, 0.3) is 10.2 Å². The first-order valence-corrected chi connectivity index (χ1v) is 9.31. The lowest BCUT2D eigenvalue weighted by Gasteiger charge is -2.47. The number of hydrogen-bond acceptors (Lipinski definition) is 5. The summed E-state index contributed by atoms with van der Waals surface area (Å²) in [5.41, 5.74) is -0.0158. The van der Waals surface area contributed by atoms with Crippen molar-refractivity contribution < 1.29 is 14.6 Å². The highest BCUT2D eigenvalue weighted by Gasteiger charge is 2.55. The summed E-state index contributed by atoms with van der Waals surface area (Å²) in [5, 5.41) is 11.3. The van der Waals surface area contributed by atoms with E-state index in [-0.39, 0.29) is 11.5 Å². The van der Waals surface area contributed by atoms with Crippen LogP contribution in [0.2, 0.25) is 0 Å². The highest BCUT2D eigenvalue weighted by molar-refractivity contribution is 7.18. The quantitative estimate of drug-likeness (QED) is 0.923. The molecule has 1 N–H and O–H groups in total.